The van der Waals surface area contributed by atoms with Gasteiger partial charge in [0.2, 0.25) is 0 Å². The van der Waals surface area contributed by atoms with Gasteiger partial charge in [0.25, 0.3) is 0 Å². The summed E-state index contributed by atoms with van der Waals surface area (Å²) in [6.07, 6.45) is 43.0. The van der Waals surface area contributed by atoms with Crippen molar-refractivity contribution in [3.05, 3.63) is 0 Å². The molecule has 0 saturated heterocycles. The number of aliphatic hydroxyl groups is 1. The molecule has 0 heterocycles. The van der Waals surface area contributed by atoms with Gasteiger partial charge in [-0.2, -0.15) is 0 Å². The van der Waals surface area contributed by atoms with Crippen LogP contribution in [0.25, 0.3) is 0 Å². The summed E-state index contributed by atoms with van der Waals surface area (Å²) in [5.41, 5.74) is 0. The van der Waals surface area contributed by atoms with Gasteiger partial charge in [-0.05, 0) is 37.5 Å². The van der Waals surface area contributed by atoms with E-state index in [9.17, 15) is 43.2 Å². The zero-order chi connectivity index (χ0) is 63.6. The number of ether oxygens (including phenoxy) is 4. The van der Waals surface area contributed by atoms with Gasteiger partial charge in [-0.1, -0.05) is 286 Å². The van der Waals surface area contributed by atoms with Gasteiger partial charge in [0, 0.05) is 25.7 Å². The number of carbonyl (C=O) groups is 4. The van der Waals surface area contributed by atoms with E-state index >= 15 is 0 Å². The second-order valence-electron chi connectivity index (χ2n) is 24.9. The predicted molar refractivity (Wildman–Crippen MR) is 345 cm³/mol. The zero-order valence-corrected chi connectivity index (χ0v) is 57.4. The number of aliphatic hydroxyl groups excluding tert-OH is 1. The first-order chi connectivity index (χ1) is 41.4. The van der Waals surface area contributed by atoms with E-state index in [0.717, 1.165) is 102 Å². The summed E-state index contributed by atoms with van der Waals surface area (Å²) < 4.78 is 68.1. The number of unbranched alkanes of at least 4 members (excludes halogenated alkanes) is 35. The monoisotopic (exact) mass is 1270 g/mol. The number of carbonyl (C=O) groups excluding carboxylic acids is 4. The highest BCUT2D eigenvalue weighted by Gasteiger charge is 2.30. The maximum absolute atomic E-state index is 13.0. The van der Waals surface area contributed by atoms with Crippen LogP contribution in [0.4, 0.5) is 0 Å². The average Bonchev–Trinajstić information content (AvgIpc) is 3.55. The summed E-state index contributed by atoms with van der Waals surface area (Å²) >= 11 is 0. The molecular weight excluding hydrogens is 1140 g/mol. The van der Waals surface area contributed by atoms with Crippen LogP contribution in [0.5, 0.6) is 0 Å². The summed E-state index contributed by atoms with van der Waals surface area (Å²) in [6.45, 7) is 9.47. The molecule has 0 aliphatic carbocycles. The van der Waals surface area contributed by atoms with E-state index in [-0.39, 0.29) is 25.7 Å². The Morgan fingerprint density at radius 1 is 0.337 bits per heavy atom. The Hall–Kier alpha value is -1.94. The first-order valence-corrected chi connectivity index (χ1v) is 38.0. The molecule has 19 heteroatoms. The van der Waals surface area contributed by atoms with Crippen LogP contribution in [-0.4, -0.2) is 96.7 Å². The van der Waals surface area contributed by atoms with Crippen molar-refractivity contribution < 1.29 is 80.2 Å². The van der Waals surface area contributed by atoms with Crippen molar-refractivity contribution in [3.63, 3.8) is 0 Å². The maximum atomic E-state index is 13.0. The van der Waals surface area contributed by atoms with Gasteiger partial charge in [0.05, 0.1) is 26.4 Å². The van der Waals surface area contributed by atoms with Crippen molar-refractivity contribution in [1.82, 2.24) is 0 Å². The van der Waals surface area contributed by atoms with Crippen molar-refractivity contribution >= 4 is 39.5 Å². The molecule has 0 radical (unpaired) electrons. The van der Waals surface area contributed by atoms with Crippen LogP contribution in [0.1, 0.15) is 337 Å². The second kappa shape index (κ2) is 59.4. The molecule has 3 unspecified atom stereocenters. The summed E-state index contributed by atoms with van der Waals surface area (Å²) in [5.74, 6) is -0.634. The summed E-state index contributed by atoms with van der Waals surface area (Å²) in [4.78, 5) is 72.3. The molecule has 0 fully saturated rings. The maximum Gasteiger partial charge on any atom is 0.472 e. The van der Waals surface area contributed by atoms with Gasteiger partial charge in [-0.25, -0.2) is 9.13 Å². The van der Waals surface area contributed by atoms with E-state index in [1.54, 1.807) is 0 Å². The number of phosphoric acid groups is 2. The van der Waals surface area contributed by atoms with Gasteiger partial charge in [-0.15, -0.1) is 0 Å². The molecule has 0 aromatic rings. The molecule has 86 heavy (non-hydrogen) atoms. The quantitative estimate of drug-likeness (QED) is 0.0222. The van der Waals surface area contributed by atoms with Crippen LogP contribution in [0.15, 0.2) is 0 Å². The molecule has 0 aliphatic rings. The van der Waals surface area contributed by atoms with Crippen molar-refractivity contribution in [3.8, 4) is 0 Å². The van der Waals surface area contributed by atoms with Crippen molar-refractivity contribution in [2.75, 3.05) is 39.6 Å². The lowest BCUT2D eigenvalue weighted by molar-refractivity contribution is -0.161. The fourth-order valence-corrected chi connectivity index (χ4v) is 11.6. The van der Waals surface area contributed by atoms with Crippen LogP contribution in [0.2, 0.25) is 0 Å². The highest BCUT2D eigenvalue weighted by molar-refractivity contribution is 7.47. The van der Waals surface area contributed by atoms with Gasteiger partial charge >= 0.3 is 39.5 Å². The third kappa shape index (κ3) is 59.7. The minimum absolute atomic E-state index is 0.104. The Morgan fingerprint density at radius 2 is 0.593 bits per heavy atom. The zero-order valence-electron chi connectivity index (χ0n) is 55.6. The second-order valence-corrected chi connectivity index (χ2v) is 27.8. The highest BCUT2D eigenvalue weighted by atomic mass is 31.2. The van der Waals surface area contributed by atoms with Crippen LogP contribution in [0, 0.1) is 11.8 Å². The van der Waals surface area contributed by atoms with Gasteiger partial charge < -0.3 is 33.8 Å². The normalized spacial score (nSPS) is 14.5. The molecule has 0 aliphatic heterocycles. The standard InChI is InChI=1S/C67H130O17P2/c1-7-10-12-14-16-18-19-20-21-22-24-33-39-45-51-66(71)83-62(56-78-65(70)50-44-38-32-28-26-30-36-42-48-60(6)9-3)57-81-85(73,74)79-53-61(68)54-80-86(75,76)82-58-63(55-77-64(69)49-43-37-31-23-17-15-13-11-8-2)84-67(72)52-46-40-34-27-25-29-35-41-47-59(4)5/h59-63,68H,7-58H2,1-6H3,(H,73,74)(H,75,76)/t60?,61-,62-,63-/m1/s1. The minimum Gasteiger partial charge on any atom is -0.462 e. The fourth-order valence-electron chi connectivity index (χ4n) is 10.0. The first kappa shape index (κ1) is 84.1. The molecule has 0 saturated carbocycles. The summed E-state index contributed by atoms with van der Waals surface area (Å²) in [5, 5.41) is 10.6. The molecule has 0 amide bonds. The number of hydrogen-bond donors (Lipinski definition) is 3. The molecule has 510 valence electrons. The molecule has 0 spiro atoms. The van der Waals surface area contributed by atoms with Gasteiger partial charge in [0.15, 0.2) is 12.2 Å². The molecule has 0 aromatic carbocycles. The van der Waals surface area contributed by atoms with E-state index < -0.39 is 97.5 Å². The number of esters is 4. The summed E-state index contributed by atoms with van der Waals surface area (Å²) in [6, 6.07) is 0. The van der Waals surface area contributed by atoms with Crippen molar-refractivity contribution in [2.24, 2.45) is 11.8 Å². The number of hydrogen-bond acceptors (Lipinski definition) is 15. The van der Waals surface area contributed by atoms with Crippen molar-refractivity contribution in [2.45, 2.75) is 355 Å². The molecule has 0 aromatic heterocycles. The number of phosphoric ester groups is 2. The van der Waals surface area contributed by atoms with Crippen LogP contribution < -0.4 is 0 Å². The van der Waals surface area contributed by atoms with E-state index in [0.29, 0.717) is 25.7 Å². The fraction of sp³-hybridized carbons (Fsp3) is 0.940. The SMILES string of the molecule is CCCCCCCCCCCCCCCCC(=O)O[C@H](COC(=O)CCCCCCCCCCC(C)CC)COP(=O)(O)OC[C@@H](O)COP(=O)(O)OC[C@@H](COC(=O)CCCCCCCCCCC)OC(=O)CCCCCCCCCCC(C)C. The first-order valence-electron chi connectivity index (χ1n) is 35.0. The van der Waals surface area contributed by atoms with Crippen LogP contribution >= 0.6 is 15.6 Å². The lowest BCUT2D eigenvalue weighted by atomic mass is 9.99. The molecule has 6 atom stereocenters. The van der Waals surface area contributed by atoms with Crippen LogP contribution in [0.3, 0.4) is 0 Å². The Kier molecular flexibility index (Phi) is 58.0. The Bertz CT molecular complexity index is 1690. The van der Waals surface area contributed by atoms with Crippen LogP contribution in [-0.2, 0) is 65.4 Å². The topological polar surface area (TPSA) is 237 Å². The van der Waals surface area contributed by atoms with E-state index in [4.69, 9.17) is 37.0 Å². The highest BCUT2D eigenvalue weighted by Crippen LogP contribution is 2.45. The minimum atomic E-state index is -4.95. The Morgan fingerprint density at radius 3 is 0.884 bits per heavy atom. The Labute approximate surface area is 524 Å². The largest absolute Gasteiger partial charge is 0.472 e. The smallest absolute Gasteiger partial charge is 0.462 e. The van der Waals surface area contributed by atoms with E-state index in [1.165, 1.54) is 154 Å². The lowest BCUT2D eigenvalue weighted by Gasteiger charge is -2.21. The lowest BCUT2D eigenvalue weighted by Crippen LogP contribution is -2.30. The molecule has 17 nitrogen and oxygen atoms in total. The van der Waals surface area contributed by atoms with E-state index in [2.05, 4.69) is 41.5 Å². The Balaban J connectivity index is 5.25. The summed E-state index contributed by atoms with van der Waals surface area (Å²) in [7, 11) is -9.89. The molecule has 0 rings (SSSR count). The third-order valence-corrected chi connectivity index (χ3v) is 17.7. The average molecular weight is 1270 g/mol. The predicted octanol–water partition coefficient (Wildman–Crippen LogP) is 18.8. The van der Waals surface area contributed by atoms with Gasteiger partial charge in [0.1, 0.15) is 19.3 Å². The molecule has 3 N–H and O–H groups in total. The molecule has 0 bridgehead atoms. The number of rotatable bonds is 66. The molecular formula is C67H130O17P2. The third-order valence-electron chi connectivity index (χ3n) is 15.8. The van der Waals surface area contributed by atoms with E-state index in [1.807, 2.05) is 0 Å². The van der Waals surface area contributed by atoms with Gasteiger partial charge in [-0.3, -0.25) is 37.3 Å². The van der Waals surface area contributed by atoms with Crippen molar-refractivity contribution in [1.29, 1.82) is 0 Å².